The fourth-order valence-corrected chi connectivity index (χ4v) is 2.53. The van der Waals surface area contributed by atoms with Gasteiger partial charge in [0.1, 0.15) is 12.4 Å². The van der Waals surface area contributed by atoms with Crippen LogP contribution in [0.3, 0.4) is 0 Å². The second kappa shape index (κ2) is 6.63. The van der Waals surface area contributed by atoms with Crippen molar-refractivity contribution < 1.29 is 4.74 Å². The third-order valence-electron chi connectivity index (χ3n) is 3.74. The van der Waals surface area contributed by atoms with Crippen molar-refractivity contribution in [3.05, 3.63) is 63.6 Å². The van der Waals surface area contributed by atoms with E-state index in [1.807, 2.05) is 12.1 Å². The van der Waals surface area contributed by atoms with Crippen molar-refractivity contribution >= 4 is 15.9 Å². The third kappa shape index (κ3) is 4.32. The van der Waals surface area contributed by atoms with E-state index in [2.05, 4.69) is 58.5 Å². The van der Waals surface area contributed by atoms with Gasteiger partial charge in [0.05, 0.1) is 0 Å². The van der Waals surface area contributed by atoms with Crippen LogP contribution in [0, 0.1) is 6.92 Å². The van der Waals surface area contributed by atoms with Crippen LogP contribution in [0.25, 0.3) is 0 Å². The van der Waals surface area contributed by atoms with Crippen molar-refractivity contribution in [2.24, 2.45) is 0 Å². The number of benzene rings is 2. The highest BCUT2D eigenvalue weighted by Gasteiger charge is 2.19. The highest BCUT2D eigenvalue weighted by Crippen LogP contribution is 2.24. The molecule has 2 nitrogen and oxygen atoms in total. The Kier molecular flexibility index (Phi) is 4.61. The summed E-state index contributed by atoms with van der Waals surface area (Å²) < 4.78 is 6.95. The molecule has 2 aromatic carbocycles. The molecule has 0 amide bonds. The Labute approximate surface area is 134 Å². The molecular weight excluding hydrogens is 326 g/mol. The van der Waals surface area contributed by atoms with Crippen LogP contribution in [0.1, 0.15) is 29.5 Å². The number of hydrogen-bond acceptors (Lipinski definition) is 2. The highest BCUT2D eigenvalue weighted by molar-refractivity contribution is 9.10. The summed E-state index contributed by atoms with van der Waals surface area (Å²) in [5.74, 6) is 0.934. The molecule has 2 aromatic rings. The lowest BCUT2D eigenvalue weighted by molar-refractivity contribution is 0.304. The normalized spacial score (nSPS) is 14.2. The van der Waals surface area contributed by atoms with Crippen molar-refractivity contribution in [2.45, 2.75) is 39.0 Å². The van der Waals surface area contributed by atoms with Gasteiger partial charge in [-0.15, -0.1) is 0 Å². The summed E-state index contributed by atoms with van der Waals surface area (Å²) in [6.45, 7) is 3.64. The van der Waals surface area contributed by atoms with Crippen LogP contribution in [-0.2, 0) is 13.2 Å². The monoisotopic (exact) mass is 345 g/mol. The van der Waals surface area contributed by atoms with Crippen LogP contribution in [-0.4, -0.2) is 6.04 Å². The second-order valence-corrected chi connectivity index (χ2v) is 6.59. The van der Waals surface area contributed by atoms with Gasteiger partial charge in [-0.05, 0) is 48.6 Å². The smallest absolute Gasteiger partial charge is 0.123 e. The number of halogens is 1. The van der Waals surface area contributed by atoms with E-state index >= 15 is 0 Å². The first kappa shape index (κ1) is 14.6. The summed E-state index contributed by atoms with van der Waals surface area (Å²) in [5.41, 5.74) is 3.69. The zero-order valence-electron chi connectivity index (χ0n) is 12.2. The van der Waals surface area contributed by atoms with Gasteiger partial charge in [-0.25, -0.2) is 0 Å². The number of ether oxygens (including phenoxy) is 1. The first-order valence-electron chi connectivity index (χ1n) is 7.41. The Morgan fingerprint density at radius 2 is 1.81 bits per heavy atom. The van der Waals surface area contributed by atoms with Gasteiger partial charge in [-0.2, -0.15) is 0 Å². The number of rotatable bonds is 6. The van der Waals surface area contributed by atoms with Gasteiger partial charge in [-0.3, -0.25) is 0 Å². The quantitative estimate of drug-likeness (QED) is 0.826. The third-order valence-corrected chi connectivity index (χ3v) is 4.23. The zero-order valence-corrected chi connectivity index (χ0v) is 13.8. The molecule has 0 spiro atoms. The lowest BCUT2D eigenvalue weighted by Crippen LogP contribution is -2.15. The van der Waals surface area contributed by atoms with Crippen LogP contribution in [0.15, 0.2) is 46.9 Å². The molecule has 1 fully saturated rings. The minimum Gasteiger partial charge on any atom is -0.489 e. The summed E-state index contributed by atoms with van der Waals surface area (Å²) in [5, 5.41) is 3.53. The molecule has 0 saturated heterocycles. The fraction of sp³-hybridized carbons (Fsp3) is 0.333. The molecule has 1 aliphatic carbocycles. The number of aryl methyl sites for hydroxylation is 1. The van der Waals surface area contributed by atoms with E-state index in [0.29, 0.717) is 6.61 Å². The summed E-state index contributed by atoms with van der Waals surface area (Å²) in [4.78, 5) is 0. The fourth-order valence-electron chi connectivity index (χ4n) is 2.19. The van der Waals surface area contributed by atoms with E-state index in [9.17, 15) is 0 Å². The molecule has 1 saturated carbocycles. The van der Waals surface area contributed by atoms with Gasteiger partial charge in [0.15, 0.2) is 0 Å². The van der Waals surface area contributed by atoms with Crippen molar-refractivity contribution in [3.8, 4) is 5.75 Å². The molecule has 1 aliphatic rings. The molecule has 21 heavy (non-hydrogen) atoms. The molecule has 110 valence electrons. The first-order valence-corrected chi connectivity index (χ1v) is 8.20. The Hall–Kier alpha value is -1.32. The summed E-state index contributed by atoms with van der Waals surface area (Å²) >= 11 is 3.48. The Bertz CT molecular complexity index is 605. The number of nitrogens with one attached hydrogen (secondary N) is 1. The highest BCUT2D eigenvalue weighted by atomic mass is 79.9. The maximum Gasteiger partial charge on any atom is 0.123 e. The van der Waals surface area contributed by atoms with E-state index in [1.54, 1.807) is 0 Å². The summed E-state index contributed by atoms with van der Waals surface area (Å²) in [6.07, 6.45) is 2.66. The van der Waals surface area contributed by atoms with E-state index in [-0.39, 0.29) is 0 Å². The molecule has 0 heterocycles. The van der Waals surface area contributed by atoms with Crippen LogP contribution < -0.4 is 10.1 Å². The molecular formula is C18H20BrNO. The van der Waals surface area contributed by atoms with Gasteiger partial charge in [0.25, 0.3) is 0 Å². The predicted molar refractivity (Wildman–Crippen MR) is 89.5 cm³/mol. The Balaban J connectivity index is 1.55. The molecule has 0 aliphatic heterocycles. The predicted octanol–water partition coefficient (Wildman–Crippen LogP) is 4.59. The molecule has 0 bridgehead atoms. The van der Waals surface area contributed by atoms with E-state index in [0.717, 1.165) is 28.4 Å². The van der Waals surface area contributed by atoms with Crippen molar-refractivity contribution in [1.29, 1.82) is 0 Å². The van der Waals surface area contributed by atoms with Crippen molar-refractivity contribution in [2.75, 3.05) is 0 Å². The summed E-state index contributed by atoms with van der Waals surface area (Å²) in [7, 11) is 0. The SMILES string of the molecule is Cc1ccc(Br)cc1OCc1ccc(CNC2CC2)cc1. The molecule has 1 N–H and O–H groups in total. The van der Waals surface area contributed by atoms with Crippen LogP contribution in [0.2, 0.25) is 0 Å². The zero-order chi connectivity index (χ0) is 14.7. The second-order valence-electron chi connectivity index (χ2n) is 5.67. The van der Waals surface area contributed by atoms with Crippen LogP contribution in [0.4, 0.5) is 0 Å². The van der Waals surface area contributed by atoms with Crippen molar-refractivity contribution in [3.63, 3.8) is 0 Å². The van der Waals surface area contributed by atoms with Gasteiger partial charge in [0, 0.05) is 17.1 Å². The maximum atomic E-state index is 5.91. The summed E-state index contributed by atoms with van der Waals surface area (Å²) in [6, 6.07) is 15.5. The average molecular weight is 346 g/mol. The molecule has 0 aromatic heterocycles. The van der Waals surface area contributed by atoms with Crippen LogP contribution >= 0.6 is 15.9 Å². The first-order chi connectivity index (χ1) is 10.2. The molecule has 0 unspecified atom stereocenters. The number of hydrogen-bond donors (Lipinski definition) is 1. The topological polar surface area (TPSA) is 21.3 Å². The lowest BCUT2D eigenvalue weighted by Gasteiger charge is -2.10. The van der Waals surface area contributed by atoms with Gasteiger partial charge in [0.2, 0.25) is 0 Å². The molecule has 3 heteroatoms. The van der Waals surface area contributed by atoms with Gasteiger partial charge in [-0.1, -0.05) is 46.3 Å². The average Bonchev–Trinajstić information content (AvgIpc) is 3.31. The van der Waals surface area contributed by atoms with Gasteiger partial charge >= 0.3 is 0 Å². The Morgan fingerprint density at radius 1 is 1.10 bits per heavy atom. The molecule has 0 radical (unpaired) electrons. The largest absolute Gasteiger partial charge is 0.489 e. The van der Waals surface area contributed by atoms with E-state index in [4.69, 9.17) is 4.74 Å². The molecule has 3 rings (SSSR count). The minimum atomic E-state index is 0.605. The van der Waals surface area contributed by atoms with Crippen LogP contribution in [0.5, 0.6) is 5.75 Å². The molecule has 0 atom stereocenters. The maximum absolute atomic E-state index is 5.91. The van der Waals surface area contributed by atoms with Gasteiger partial charge < -0.3 is 10.1 Å². The minimum absolute atomic E-state index is 0.605. The van der Waals surface area contributed by atoms with E-state index in [1.165, 1.54) is 24.0 Å². The lowest BCUT2D eigenvalue weighted by atomic mass is 10.1. The Morgan fingerprint density at radius 3 is 2.52 bits per heavy atom. The standard InChI is InChI=1S/C18H20BrNO/c1-13-2-7-16(19)10-18(13)21-12-15-5-3-14(4-6-15)11-20-17-8-9-17/h2-7,10,17,20H,8-9,11-12H2,1H3. The van der Waals surface area contributed by atoms with E-state index < -0.39 is 0 Å². The van der Waals surface area contributed by atoms with Crippen molar-refractivity contribution in [1.82, 2.24) is 5.32 Å².